The van der Waals surface area contributed by atoms with Crippen LogP contribution in [0.15, 0.2) is 0 Å². The highest BCUT2D eigenvalue weighted by Gasteiger charge is 2.28. The highest BCUT2D eigenvalue weighted by molar-refractivity contribution is 4.83. The largest absolute Gasteiger partial charge is 0.303 e. The number of nitrogens with zero attached hydrogens (tertiary/aromatic N) is 2. The van der Waals surface area contributed by atoms with E-state index in [0.29, 0.717) is 0 Å². The predicted molar refractivity (Wildman–Crippen MR) is 104 cm³/mol. The molecule has 0 N–H and O–H groups in total. The molecule has 0 radical (unpaired) electrons. The van der Waals surface area contributed by atoms with Gasteiger partial charge in [0, 0.05) is 25.2 Å². The highest BCUT2D eigenvalue weighted by Crippen LogP contribution is 2.31. The van der Waals surface area contributed by atoms with Gasteiger partial charge in [0.1, 0.15) is 0 Å². The quantitative estimate of drug-likeness (QED) is 0.648. The summed E-state index contributed by atoms with van der Waals surface area (Å²) >= 11 is 0. The zero-order chi connectivity index (χ0) is 16.8. The molecule has 3 saturated carbocycles. The third-order valence-electron chi connectivity index (χ3n) is 7.45. The topological polar surface area (TPSA) is 6.48 Å². The van der Waals surface area contributed by atoms with Crippen LogP contribution < -0.4 is 0 Å². The average molecular weight is 335 g/mol. The van der Waals surface area contributed by atoms with E-state index < -0.39 is 0 Å². The number of rotatable bonds is 6. The minimum Gasteiger partial charge on any atom is -0.303 e. The molecule has 0 aromatic rings. The van der Waals surface area contributed by atoms with E-state index in [9.17, 15) is 0 Å². The summed E-state index contributed by atoms with van der Waals surface area (Å²) in [5.41, 5.74) is 0. The van der Waals surface area contributed by atoms with Gasteiger partial charge in [0.15, 0.2) is 0 Å². The van der Waals surface area contributed by atoms with E-state index in [1.165, 1.54) is 103 Å². The number of hydrogen-bond donors (Lipinski definition) is 0. The minimum absolute atomic E-state index is 0.878. The molecule has 0 spiro atoms. The molecule has 0 aliphatic heterocycles. The van der Waals surface area contributed by atoms with Gasteiger partial charge in [-0.3, -0.25) is 0 Å². The van der Waals surface area contributed by atoms with Crippen molar-refractivity contribution in [2.24, 2.45) is 11.8 Å². The summed E-state index contributed by atoms with van der Waals surface area (Å²) in [5.74, 6) is 1.97. The Morgan fingerprint density at radius 3 is 1.46 bits per heavy atom. The third kappa shape index (κ3) is 5.46. The third-order valence-corrected chi connectivity index (χ3v) is 7.45. The van der Waals surface area contributed by atoms with Crippen molar-refractivity contribution < 1.29 is 0 Å². The van der Waals surface area contributed by atoms with E-state index in [-0.39, 0.29) is 0 Å². The molecule has 0 atom stereocenters. The van der Waals surface area contributed by atoms with Crippen molar-refractivity contribution in [2.45, 2.75) is 102 Å². The summed E-state index contributed by atoms with van der Waals surface area (Å²) in [4.78, 5) is 5.45. The highest BCUT2D eigenvalue weighted by atomic mass is 15.1. The summed E-state index contributed by atoms with van der Waals surface area (Å²) in [7, 11) is 4.81. The first-order valence-corrected chi connectivity index (χ1v) is 11.1. The van der Waals surface area contributed by atoms with Gasteiger partial charge in [-0.1, -0.05) is 38.5 Å². The van der Waals surface area contributed by atoms with E-state index in [4.69, 9.17) is 0 Å². The van der Waals surface area contributed by atoms with Crippen LogP contribution in [0.3, 0.4) is 0 Å². The molecule has 0 aromatic heterocycles. The maximum atomic E-state index is 2.73. The van der Waals surface area contributed by atoms with Crippen molar-refractivity contribution in [3.63, 3.8) is 0 Å². The van der Waals surface area contributed by atoms with Gasteiger partial charge in [-0.2, -0.15) is 0 Å². The van der Waals surface area contributed by atoms with Crippen LogP contribution in [0.25, 0.3) is 0 Å². The van der Waals surface area contributed by atoms with Crippen LogP contribution in [0.4, 0.5) is 0 Å². The second kappa shape index (κ2) is 9.57. The average Bonchev–Trinajstić information content (AvgIpc) is 2.64. The lowest BCUT2D eigenvalue weighted by molar-refractivity contribution is 0.106. The van der Waals surface area contributed by atoms with Gasteiger partial charge in [-0.05, 0) is 77.3 Å². The van der Waals surface area contributed by atoms with Gasteiger partial charge < -0.3 is 9.80 Å². The summed E-state index contributed by atoms with van der Waals surface area (Å²) in [6, 6.07) is 1.77. The molecular formula is C22H42N2. The summed E-state index contributed by atoms with van der Waals surface area (Å²) in [5, 5.41) is 0. The van der Waals surface area contributed by atoms with Crippen molar-refractivity contribution in [1.29, 1.82) is 0 Å². The Labute approximate surface area is 151 Å². The van der Waals surface area contributed by atoms with E-state index in [0.717, 1.165) is 23.9 Å². The molecule has 140 valence electrons. The van der Waals surface area contributed by atoms with E-state index >= 15 is 0 Å². The zero-order valence-corrected chi connectivity index (χ0v) is 16.5. The molecule has 3 rings (SSSR count). The summed E-state index contributed by atoms with van der Waals surface area (Å²) < 4.78 is 0. The van der Waals surface area contributed by atoms with E-state index in [1.54, 1.807) is 0 Å². The molecule has 0 heterocycles. The molecule has 3 fully saturated rings. The van der Waals surface area contributed by atoms with Crippen molar-refractivity contribution in [3.8, 4) is 0 Å². The van der Waals surface area contributed by atoms with Gasteiger partial charge in [0.05, 0.1) is 0 Å². The fourth-order valence-electron chi connectivity index (χ4n) is 5.77. The van der Waals surface area contributed by atoms with Crippen LogP contribution in [0, 0.1) is 11.8 Å². The Balaban J connectivity index is 1.35. The van der Waals surface area contributed by atoms with Gasteiger partial charge in [0.25, 0.3) is 0 Å². The molecule has 0 amide bonds. The van der Waals surface area contributed by atoms with Crippen molar-refractivity contribution in [2.75, 3.05) is 27.2 Å². The van der Waals surface area contributed by atoms with Crippen LogP contribution in [0.2, 0.25) is 0 Å². The SMILES string of the molecule is CN(CC1CCC(N(C)CC2CCCCC2)CC1)C1CCCCC1. The Morgan fingerprint density at radius 2 is 0.917 bits per heavy atom. The summed E-state index contributed by atoms with van der Waals surface area (Å²) in [6.07, 6.45) is 20.6. The summed E-state index contributed by atoms with van der Waals surface area (Å²) in [6.45, 7) is 2.74. The first-order chi connectivity index (χ1) is 11.7. The van der Waals surface area contributed by atoms with Crippen LogP contribution in [-0.2, 0) is 0 Å². The van der Waals surface area contributed by atoms with Crippen LogP contribution in [-0.4, -0.2) is 49.1 Å². The van der Waals surface area contributed by atoms with Gasteiger partial charge in [-0.15, -0.1) is 0 Å². The second-order valence-electron chi connectivity index (χ2n) is 9.35. The van der Waals surface area contributed by atoms with Crippen molar-refractivity contribution in [1.82, 2.24) is 9.80 Å². The zero-order valence-electron chi connectivity index (χ0n) is 16.5. The van der Waals surface area contributed by atoms with Gasteiger partial charge >= 0.3 is 0 Å². The lowest BCUT2D eigenvalue weighted by Gasteiger charge is -2.39. The van der Waals surface area contributed by atoms with Crippen LogP contribution in [0.5, 0.6) is 0 Å². The van der Waals surface area contributed by atoms with Crippen molar-refractivity contribution in [3.05, 3.63) is 0 Å². The smallest absolute Gasteiger partial charge is 0.00925 e. The fourth-order valence-corrected chi connectivity index (χ4v) is 5.77. The standard InChI is InChI=1S/C22H42N2/c1-23(21-11-7-4-8-12-21)18-20-13-15-22(16-14-20)24(2)17-19-9-5-3-6-10-19/h19-22H,3-18H2,1-2H3. The molecule has 0 saturated heterocycles. The molecule has 0 aromatic carbocycles. The first kappa shape index (κ1) is 18.7. The molecular weight excluding hydrogens is 292 g/mol. The Morgan fingerprint density at radius 1 is 0.500 bits per heavy atom. The maximum absolute atomic E-state index is 2.73. The molecule has 2 nitrogen and oxygen atoms in total. The molecule has 0 unspecified atom stereocenters. The predicted octanol–water partition coefficient (Wildman–Crippen LogP) is 5.32. The van der Waals surface area contributed by atoms with Crippen molar-refractivity contribution >= 4 is 0 Å². The maximum Gasteiger partial charge on any atom is 0.00925 e. The lowest BCUT2D eigenvalue weighted by atomic mass is 9.83. The minimum atomic E-state index is 0.878. The first-order valence-electron chi connectivity index (χ1n) is 11.1. The second-order valence-corrected chi connectivity index (χ2v) is 9.35. The monoisotopic (exact) mass is 334 g/mol. The fraction of sp³-hybridized carbons (Fsp3) is 1.00. The molecule has 24 heavy (non-hydrogen) atoms. The van der Waals surface area contributed by atoms with Gasteiger partial charge in [0.2, 0.25) is 0 Å². The van der Waals surface area contributed by atoms with E-state index in [1.807, 2.05) is 0 Å². The Hall–Kier alpha value is -0.0800. The Bertz CT molecular complexity index is 336. The molecule has 0 bridgehead atoms. The molecule has 3 aliphatic carbocycles. The molecule has 2 heteroatoms. The lowest BCUT2D eigenvalue weighted by Crippen LogP contribution is -2.41. The van der Waals surface area contributed by atoms with Crippen LogP contribution >= 0.6 is 0 Å². The van der Waals surface area contributed by atoms with Gasteiger partial charge in [-0.25, -0.2) is 0 Å². The molecule has 3 aliphatic rings. The Kier molecular flexibility index (Phi) is 7.46. The van der Waals surface area contributed by atoms with E-state index in [2.05, 4.69) is 23.9 Å². The number of hydrogen-bond acceptors (Lipinski definition) is 2. The van der Waals surface area contributed by atoms with Crippen LogP contribution in [0.1, 0.15) is 89.9 Å². The normalized spacial score (nSPS) is 31.0.